The first-order valence-electron chi connectivity index (χ1n) is 6.21. The molecule has 102 valence electrons. The van der Waals surface area contributed by atoms with Gasteiger partial charge in [0.2, 0.25) is 0 Å². The summed E-state index contributed by atoms with van der Waals surface area (Å²) in [6, 6.07) is -0.192. The van der Waals surface area contributed by atoms with E-state index in [9.17, 15) is 4.79 Å². The van der Waals surface area contributed by atoms with Crippen LogP contribution in [0.5, 0.6) is 0 Å². The standard InChI is InChI=1S/C13H22N2O3/c1-5-12(10(2)3)18-11(4)14-13(16)15-6-8-17-9-7-15/h5,10H,4,6-9H2,1-3H3,(H,14,16)/b12-5-. The quantitative estimate of drug-likeness (QED) is 0.781. The maximum Gasteiger partial charge on any atom is 0.324 e. The van der Waals surface area contributed by atoms with Gasteiger partial charge in [-0.1, -0.05) is 13.8 Å². The normalized spacial score (nSPS) is 16.7. The molecule has 0 radical (unpaired) electrons. The van der Waals surface area contributed by atoms with Gasteiger partial charge >= 0.3 is 6.03 Å². The van der Waals surface area contributed by atoms with Gasteiger partial charge in [-0.15, -0.1) is 0 Å². The fourth-order valence-electron chi connectivity index (χ4n) is 1.64. The van der Waals surface area contributed by atoms with Crippen molar-refractivity contribution < 1.29 is 14.3 Å². The average molecular weight is 254 g/mol. The van der Waals surface area contributed by atoms with Crippen LogP contribution in [0.15, 0.2) is 24.3 Å². The van der Waals surface area contributed by atoms with Crippen molar-refractivity contribution in [1.29, 1.82) is 0 Å². The number of urea groups is 1. The van der Waals surface area contributed by atoms with Gasteiger partial charge in [0.1, 0.15) is 5.76 Å². The van der Waals surface area contributed by atoms with Gasteiger partial charge in [0.05, 0.1) is 13.2 Å². The smallest absolute Gasteiger partial charge is 0.324 e. The molecule has 1 aliphatic rings. The molecule has 1 rings (SSSR count). The predicted molar refractivity (Wildman–Crippen MR) is 69.7 cm³/mol. The number of ether oxygens (including phenoxy) is 2. The Morgan fingerprint density at radius 1 is 1.44 bits per heavy atom. The van der Waals surface area contributed by atoms with E-state index in [4.69, 9.17) is 9.47 Å². The molecule has 0 spiro atoms. The second-order valence-electron chi connectivity index (χ2n) is 4.40. The lowest BCUT2D eigenvalue weighted by Crippen LogP contribution is -2.46. The van der Waals surface area contributed by atoms with E-state index in [1.54, 1.807) is 4.90 Å². The minimum atomic E-state index is -0.192. The number of hydrogen-bond donors (Lipinski definition) is 1. The summed E-state index contributed by atoms with van der Waals surface area (Å²) in [4.78, 5) is 13.5. The van der Waals surface area contributed by atoms with Crippen LogP contribution in [-0.4, -0.2) is 37.2 Å². The van der Waals surface area contributed by atoms with Crippen LogP contribution in [0.4, 0.5) is 4.79 Å². The van der Waals surface area contributed by atoms with Crippen molar-refractivity contribution in [3.05, 3.63) is 24.3 Å². The van der Waals surface area contributed by atoms with E-state index in [-0.39, 0.29) is 17.8 Å². The largest absolute Gasteiger partial charge is 0.446 e. The Labute approximate surface area is 108 Å². The first-order valence-corrected chi connectivity index (χ1v) is 6.21. The van der Waals surface area contributed by atoms with E-state index in [1.807, 2.05) is 26.8 Å². The van der Waals surface area contributed by atoms with Crippen molar-refractivity contribution in [2.24, 2.45) is 5.92 Å². The topological polar surface area (TPSA) is 50.8 Å². The van der Waals surface area contributed by atoms with Crippen LogP contribution >= 0.6 is 0 Å². The van der Waals surface area contributed by atoms with Crippen molar-refractivity contribution >= 4 is 6.03 Å². The molecule has 0 saturated carbocycles. The van der Waals surface area contributed by atoms with Crippen molar-refractivity contribution in [2.45, 2.75) is 20.8 Å². The van der Waals surface area contributed by atoms with Crippen molar-refractivity contribution in [2.75, 3.05) is 26.3 Å². The van der Waals surface area contributed by atoms with Crippen molar-refractivity contribution in [3.8, 4) is 0 Å². The number of nitrogens with one attached hydrogen (secondary N) is 1. The third-order valence-electron chi connectivity index (χ3n) is 2.64. The zero-order valence-corrected chi connectivity index (χ0v) is 11.4. The lowest BCUT2D eigenvalue weighted by molar-refractivity contribution is 0.0526. The van der Waals surface area contributed by atoms with Crippen LogP contribution in [0.3, 0.4) is 0 Å². The van der Waals surface area contributed by atoms with E-state index in [0.29, 0.717) is 26.3 Å². The highest BCUT2D eigenvalue weighted by Crippen LogP contribution is 2.13. The summed E-state index contributed by atoms with van der Waals surface area (Å²) in [6.45, 7) is 12.0. The predicted octanol–water partition coefficient (Wildman–Crippen LogP) is 2.08. The lowest BCUT2D eigenvalue weighted by atomic mass is 10.2. The molecule has 0 aromatic carbocycles. The van der Waals surface area contributed by atoms with Gasteiger partial charge in [-0.2, -0.15) is 0 Å². The third kappa shape index (κ3) is 4.41. The molecule has 1 saturated heterocycles. The minimum Gasteiger partial charge on any atom is -0.446 e. The molecule has 0 atom stereocenters. The van der Waals surface area contributed by atoms with Crippen LogP contribution in [-0.2, 0) is 9.47 Å². The van der Waals surface area contributed by atoms with E-state index in [0.717, 1.165) is 5.76 Å². The first kappa shape index (κ1) is 14.6. The summed E-state index contributed by atoms with van der Waals surface area (Å²) in [7, 11) is 0. The average Bonchev–Trinajstić information content (AvgIpc) is 2.36. The minimum absolute atomic E-state index is 0.192. The number of allylic oxidation sites excluding steroid dienone is 2. The van der Waals surface area contributed by atoms with Crippen LogP contribution in [0, 0.1) is 5.92 Å². The summed E-state index contributed by atoms with van der Waals surface area (Å²) < 4.78 is 10.7. The highest BCUT2D eigenvalue weighted by molar-refractivity contribution is 5.75. The van der Waals surface area contributed by atoms with Gasteiger partial charge in [0.25, 0.3) is 0 Å². The molecule has 5 nitrogen and oxygen atoms in total. The Kier molecular flexibility index (Phi) is 5.71. The molecule has 0 aromatic rings. The monoisotopic (exact) mass is 254 g/mol. The highest BCUT2D eigenvalue weighted by atomic mass is 16.5. The Bertz CT molecular complexity index is 331. The van der Waals surface area contributed by atoms with Gasteiger partial charge in [0.15, 0.2) is 5.88 Å². The van der Waals surface area contributed by atoms with Gasteiger partial charge in [-0.25, -0.2) is 4.79 Å². The number of carbonyl (C=O) groups excluding carboxylic acids is 1. The molecule has 5 heteroatoms. The Balaban J connectivity index is 2.41. The summed E-state index contributed by atoms with van der Waals surface area (Å²) >= 11 is 0. The maximum atomic E-state index is 11.8. The highest BCUT2D eigenvalue weighted by Gasteiger charge is 2.18. The Morgan fingerprint density at radius 2 is 2.06 bits per heavy atom. The van der Waals surface area contributed by atoms with E-state index < -0.39 is 0 Å². The zero-order chi connectivity index (χ0) is 13.5. The number of morpholine rings is 1. The van der Waals surface area contributed by atoms with E-state index in [1.165, 1.54) is 0 Å². The molecule has 1 N–H and O–H groups in total. The Hall–Kier alpha value is -1.49. The van der Waals surface area contributed by atoms with Crippen molar-refractivity contribution in [1.82, 2.24) is 10.2 Å². The second kappa shape index (κ2) is 7.06. The fourth-order valence-corrected chi connectivity index (χ4v) is 1.64. The number of rotatable bonds is 4. The zero-order valence-electron chi connectivity index (χ0n) is 11.4. The maximum absolute atomic E-state index is 11.8. The number of hydrogen-bond acceptors (Lipinski definition) is 3. The molecule has 1 aliphatic heterocycles. The molecular formula is C13H22N2O3. The third-order valence-corrected chi connectivity index (χ3v) is 2.64. The second-order valence-corrected chi connectivity index (χ2v) is 4.40. The van der Waals surface area contributed by atoms with Gasteiger partial charge in [0, 0.05) is 19.0 Å². The Morgan fingerprint density at radius 3 is 2.56 bits per heavy atom. The molecule has 2 amide bonds. The first-order chi connectivity index (χ1) is 8.54. The van der Waals surface area contributed by atoms with Crippen LogP contribution < -0.4 is 5.32 Å². The van der Waals surface area contributed by atoms with Crippen LogP contribution in [0.25, 0.3) is 0 Å². The number of nitrogens with zero attached hydrogens (tertiary/aromatic N) is 1. The van der Waals surface area contributed by atoms with Crippen LogP contribution in [0.2, 0.25) is 0 Å². The molecule has 0 bridgehead atoms. The SMILES string of the molecule is C=C(NC(=O)N1CCOCC1)O/C(=C\C)C(C)C. The van der Waals surface area contributed by atoms with E-state index in [2.05, 4.69) is 11.9 Å². The molecule has 18 heavy (non-hydrogen) atoms. The molecule has 0 aliphatic carbocycles. The fraction of sp³-hybridized carbons (Fsp3) is 0.615. The lowest BCUT2D eigenvalue weighted by Gasteiger charge is -2.27. The van der Waals surface area contributed by atoms with Gasteiger partial charge < -0.3 is 14.4 Å². The summed E-state index contributed by atoms with van der Waals surface area (Å²) in [6.07, 6.45) is 1.87. The van der Waals surface area contributed by atoms with E-state index >= 15 is 0 Å². The van der Waals surface area contributed by atoms with Crippen LogP contribution in [0.1, 0.15) is 20.8 Å². The molecule has 0 unspecified atom stereocenters. The molecule has 0 aromatic heterocycles. The number of carbonyl (C=O) groups is 1. The molecule has 1 fully saturated rings. The molecule has 1 heterocycles. The van der Waals surface area contributed by atoms with Crippen molar-refractivity contribution in [3.63, 3.8) is 0 Å². The summed E-state index contributed by atoms with van der Waals surface area (Å²) in [5.41, 5.74) is 0. The number of amides is 2. The van der Waals surface area contributed by atoms with Gasteiger partial charge in [-0.3, -0.25) is 5.32 Å². The van der Waals surface area contributed by atoms with Gasteiger partial charge in [-0.05, 0) is 19.6 Å². The summed E-state index contributed by atoms with van der Waals surface area (Å²) in [5, 5.41) is 2.64. The molecular weight excluding hydrogens is 232 g/mol. The summed E-state index contributed by atoms with van der Waals surface area (Å²) in [5.74, 6) is 1.31.